The second-order valence-corrected chi connectivity index (χ2v) is 9.98. The van der Waals surface area contributed by atoms with Crippen LogP contribution in [0.1, 0.15) is 60.6 Å². The molecule has 0 atom stereocenters. The highest BCUT2D eigenvalue weighted by Gasteiger charge is 2.33. The van der Waals surface area contributed by atoms with E-state index in [0.29, 0.717) is 17.7 Å². The van der Waals surface area contributed by atoms with Gasteiger partial charge in [0.15, 0.2) is 0 Å². The minimum absolute atomic E-state index is 0.206. The summed E-state index contributed by atoms with van der Waals surface area (Å²) in [5.74, 6) is 0.354. The molecule has 2 heterocycles. The monoisotopic (exact) mass is 439 g/mol. The van der Waals surface area contributed by atoms with Gasteiger partial charge in [-0.2, -0.15) is 0 Å². The van der Waals surface area contributed by atoms with E-state index in [-0.39, 0.29) is 5.56 Å². The molecule has 1 aliphatic carbocycles. The average Bonchev–Trinajstić information content (AvgIpc) is 3.03. The molecule has 5 nitrogen and oxygen atoms in total. The SMILES string of the molecule is COc1ccccc1CCc1cn(C(C)(C)C(=O)O)c(=O)c2c(C)c(C3CCC3)sc12. The van der Waals surface area contributed by atoms with Crippen molar-refractivity contribution in [1.29, 1.82) is 0 Å². The number of pyridine rings is 1. The number of aromatic nitrogens is 1. The molecule has 1 aromatic carbocycles. The lowest BCUT2D eigenvalue weighted by Crippen LogP contribution is -2.42. The number of benzene rings is 1. The Balaban J connectivity index is 1.87. The summed E-state index contributed by atoms with van der Waals surface area (Å²) in [7, 11) is 1.67. The Bertz CT molecular complexity index is 1200. The van der Waals surface area contributed by atoms with Crippen molar-refractivity contribution in [2.75, 3.05) is 7.11 Å². The van der Waals surface area contributed by atoms with Gasteiger partial charge in [-0.1, -0.05) is 24.6 Å². The van der Waals surface area contributed by atoms with Gasteiger partial charge in [0.25, 0.3) is 5.56 Å². The van der Waals surface area contributed by atoms with Crippen molar-refractivity contribution in [3.8, 4) is 5.75 Å². The van der Waals surface area contributed by atoms with Crippen LogP contribution in [0.2, 0.25) is 0 Å². The van der Waals surface area contributed by atoms with E-state index in [1.54, 1.807) is 38.5 Å². The van der Waals surface area contributed by atoms with Crippen molar-refractivity contribution < 1.29 is 14.6 Å². The molecular formula is C25H29NO4S. The van der Waals surface area contributed by atoms with Crippen molar-refractivity contribution in [3.63, 3.8) is 0 Å². The highest BCUT2D eigenvalue weighted by Crippen LogP contribution is 2.45. The third kappa shape index (κ3) is 3.67. The first-order valence-corrected chi connectivity index (χ1v) is 11.6. The second-order valence-electron chi connectivity index (χ2n) is 8.93. The molecule has 0 bridgehead atoms. The number of nitrogens with zero attached hydrogens (tertiary/aromatic N) is 1. The number of thiophene rings is 1. The number of para-hydroxylation sites is 1. The lowest BCUT2D eigenvalue weighted by Gasteiger charge is -2.25. The van der Waals surface area contributed by atoms with Crippen LogP contribution in [0.5, 0.6) is 5.75 Å². The Morgan fingerprint density at radius 1 is 1.23 bits per heavy atom. The summed E-state index contributed by atoms with van der Waals surface area (Å²) >= 11 is 1.73. The molecule has 0 amide bonds. The molecule has 164 valence electrons. The maximum Gasteiger partial charge on any atom is 0.329 e. The summed E-state index contributed by atoms with van der Waals surface area (Å²) in [6, 6.07) is 7.94. The smallest absolute Gasteiger partial charge is 0.329 e. The van der Waals surface area contributed by atoms with E-state index in [2.05, 4.69) is 0 Å². The van der Waals surface area contributed by atoms with Crippen molar-refractivity contribution in [3.05, 3.63) is 62.4 Å². The highest BCUT2D eigenvalue weighted by atomic mass is 32.1. The van der Waals surface area contributed by atoms with Crippen LogP contribution in [-0.2, 0) is 23.2 Å². The Morgan fingerprint density at radius 2 is 1.90 bits per heavy atom. The van der Waals surface area contributed by atoms with Gasteiger partial charge in [0.1, 0.15) is 11.3 Å². The van der Waals surface area contributed by atoms with E-state index in [9.17, 15) is 14.7 Å². The molecule has 1 N–H and O–H groups in total. The highest BCUT2D eigenvalue weighted by molar-refractivity contribution is 7.19. The summed E-state index contributed by atoms with van der Waals surface area (Å²) in [5.41, 5.74) is 1.62. The quantitative estimate of drug-likeness (QED) is 0.546. The van der Waals surface area contributed by atoms with Crippen LogP contribution < -0.4 is 10.3 Å². The number of hydrogen-bond acceptors (Lipinski definition) is 4. The fraction of sp³-hybridized carbons (Fsp3) is 0.440. The van der Waals surface area contributed by atoms with E-state index in [1.807, 2.05) is 31.2 Å². The molecule has 4 rings (SSSR count). The molecule has 0 saturated heterocycles. The number of hydrogen-bond donors (Lipinski definition) is 1. The van der Waals surface area contributed by atoms with Gasteiger partial charge in [0.2, 0.25) is 0 Å². The molecule has 2 aromatic heterocycles. The Labute approximate surface area is 186 Å². The number of fused-ring (bicyclic) bond motifs is 1. The molecule has 0 unspecified atom stereocenters. The molecule has 6 heteroatoms. The summed E-state index contributed by atoms with van der Waals surface area (Å²) in [6.45, 7) is 5.19. The van der Waals surface area contributed by atoms with Gasteiger partial charge in [0.05, 0.1) is 12.5 Å². The minimum atomic E-state index is -1.32. The molecule has 3 aromatic rings. The largest absolute Gasteiger partial charge is 0.496 e. The zero-order valence-corrected chi connectivity index (χ0v) is 19.3. The van der Waals surface area contributed by atoms with Crippen molar-refractivity contribution >= 4 is 27.4 Å². The number of aryl methyl sites for hydroxylation is 3. The summed E-state index contributed by atoms with van der Waals surface area (Å²) in [6.07, 6.45) is 6.79. The van der Waals surface area contributed by atoms with Gasteiger partial charge in [-0.25, -0.2) is 4.79 Å². The topological polar surface area (TPSA) is 68.5 Å². The Kier molecular flexibility index (Phi) is 5.69. The normalized spacial score (nSPS) is 14.6. The maximum atomic E-state index is 13.5. The Morgan fingerprint density at radius 3 is 2.52 bits per heavy atom. The standard InChI is InChI=1S/C25H29NO4S/c1-15-20-22(31-21(15)17-9-7-10-17)18(13-12-16-8-5-6-11-19(16)30-4)14-26(23(20)27)25(2,3)24(28)29/h5-6,8,11,14,17H,7,9-10,12-13H2,1-4H3,(H,28,29). The van der Waals surface area contributed by atoms with Crippen LogP contribution in [0, 0.1) is 6.92 Å². The summed E-state index contributed by atoms with van der Waals surface area (Å²) < 4.78 is 7.92. The summed E-state index contributed by atoms with van der Waals surface area (Å²) in [4.78, 5) is 26.7. The van der Waals surface area contributed by atoms with Crippen LogP contribution in [0.3, 0.4) is 0 Å². The minimum Gasteiger partial charge on any atom is -0.496 e. The maximum absolute atomic E-state index is 13.5. The van der Waals surface area contributed by atoms with Gasteiger partial charge in [-0.3, -0.25) is 9.36 Å². The first kappa shape index (κ1) is 21.6. The van der Waals surface area contributed by atoms with Crippen molar-refractivity contribution in [2.24, 2.45) is 0 Å². The summed E-state index contributed by atoms with van der Waals surface area (Å²) in [5, 5.41) is 10.5. The number of ether oxygens (including phenoxy) is 1. The van der Waals surface area contributed by atoms with Gasteiger partial charge in [0, 0.05) is 15.8 Å². The van der Waals surface area contributed by atoms with E-state index < -0.39 is 11.5 Å². The number of carboxylic acid groups (broad SMARTS) is 1. The molecule has 0 aliphatic heterocycles. The first-order chi connectivity index (χ1) is 14.8. The number of aliphatic carboxylic acids is 1. The first-order valence-electron chi connectivity index (χ1n) is 10.8. The van der Waals surface area contributed by atoms with E-state index >= 15 is 0 Å². The number of carbonyl (C=O) groups is 1. The third-order valence-electron chi connectivity index (χ3n) is 6.65. The second kappa shape index (κ2) is 8.15. The van der Waals surface area contributed by atoms with E-state index in [4.69, 9.17) is 4.74 Å². The van der Waals surface area contributed by atoms with Gasteiger partial charge in [-0.15, -0.1) is 11.3 Å². The van der Waals surface area contributed by atoms with Gasteiger partial charge in [-0.05, 0) is 75.1 Å². The zero-order chi connectivity index (χ0) is 22.3. The molecule has 1 saturated carbocycles. The number of carboxylic acids is 1. The van der Waals surface area contributed by atoms with Crippen molar-refractivity contribution in [1.82, 2.24) is 4.57 Å². The molecule has 1 aliphatic rings. The van der Waals surface area contributed by atoms with Crippen LogP contribution in [0.4, 0.5) is 0 Å². The third-order valence-corrected chi connectivity index (χ3v) is 8.18. The molecule has 1 fully saturated rings. The van der Waals surface area contributed by atoms with Crippen LogP contribution in [0.25, 0.3) is 10.1 Å². The van der Waals surface area contributed by atoms with E-state index in [0.717, 1.165) is 33.6 Å². The lowest BCUT2D eigenvalue weighted by atomic mass is 9.83. The van der Waals surface area contributed by atoms with Gasteiger partial charge >= 0.3 is 5.97 Å². The molecule has 31 heavy (non-hydrogen) atoms. The van der Waals surface area contributed by atoms with Crippen molar-refractivity contribution in [2.45, 2.75) is 64.3 Å². The molecule has 0 spiro atoms. The van der Waals surface area contributed by atoms with Gasteiger partial charge < -0.3 is 9.84 Å². The average molecular weight is 440 g/mol. The fourth-order valence-corrected chi connectivity index (χ4v) is 5.85. The van der Waals surface area contributed by atoms with Crippen LogP contribution >= 0.6 is 11.3 Å². The predicted octanol–water partition coefficient (Wildman–Crippen LogP) is 5.25. The predicted molar refractivity (Wildman–Crippen MR) is 125 cm³/mol. The Hall–Kier alpha value is -2.60. The number of methoxy groups -OCH3 is 1. The van der Waals surface area contributed by atoms with Crippen LogP contribution in [-0.4, -0.2) is 22.8 Å². The number of rotatable bonds is 7. The fourth-order valence-electron chi connectivity index (χ4n) is 4.34. The molecular weight excluding hydrogens is 410 g/mol. The van der Waals surface area contributed by atoms with Crippen LogP contribution in [0.15, 0.2) is 35.3 Å². The lowest BCUT2D eigenvalue weighted by molar-refractivity contribution is -0.145. The zero-order valence-electron chi connectivity index (χ0n) is 18.5. The molecule has 0 radical (unpaired) electrons. The van der Waals surface area contributed by atoms with E-state index in [1.165, 1.54) is 28.7 Å².